The lowest BCUT2D eigenvalue weighted by Gasteiger charge is -2.17. The fourth-order valence-electron chi connectivity index (χ4n) is 2.40. The lowest BCUT2D eigenvalue weighted by atomic mass is 9.94. The highest BCUT2D eigenvalue weighted by Gasteiger charge is 2.19. The van der Waals surface area contributed by atoms with Crippen molar-refractivity contribution in [2.24, 2.45) is 12.8 Å². The maximum absolute atomic E-state index is 6.40. The molecule has 1 heterocycles. The number of rotatable bonds is 5. The zero-order valence-corrected chi connectivity index (χ0v) is 13.2. The molecule has 20 heavy (non-hydrogen) atoms. The van der Waals surface area contributed by atoms with Gasteiger partial charge in [0.05, 0.1) is 16.4 Å². The fourth-order valence-corrected chi connectivity index (χ4v) is 3.06. The van der Waals surface area contributed by atoms with E-state index in [2.05, 4.69) is 5.10 Å². The lowest BCUT2D eigenvalue weighted by molar-refractivity contribution is 0.628. The Kier molecular flexibility index (Phi) is 5.08. The topological polar surface area (TPSA) is 43.8 Å². The second kappa shape index (κ2) is 6.61. The molecule has 0 aliphatic rings. The quantitative estimate of drug-likeness (QED) is 0.917. The normalized spacial score (nSPS) is 12.7. The average molecular weight is 312 g/mol. The van der Waals surface area contributed by atoms with Crippen molar-refractivity contribution in [2.75, 3.05) is 6.54 Å². The van der Waals surface area contributed by atoms with Gasteiger partial charge in [-0.05, 0) is 31.0 Å². The molecule has 1 atom stereocenters. The van der Waals surface area contributed by atoms with E-state index < -0.39 is 0 Å². The van der Waals surface area contributed by atoms with Crippen LogP contribution >= 0.6 is 23.2 Å². The molecule has 2 N–H and O–H groups in total. The van der Waals surface area contributed by atoms with Crippen LogP contribution in [0.25, 0.3) is 0 Å². The van der Waals surface area contributed by atoms with Crippen molar-refractivity contribution in [1.29, 1.82) is 0 Å². The number of nitrogens with two attached hydrogens (primary N) is 1. The van der Waals surface area contributed by atoms with Gasteiger partial charge in [-0.2, -0.15) is 5.10 Å². The van der Waals surface area contributed by atoms with E-state index in [1.54, 1.807) is 0 Å². The summed E-state index contributed by atoms with van der Waals surface area (Å²) in [6, 6.07) is 7.81. The predicted molar refractivity (Wildman–Crippen MR) is 84.5 cm³/mol. The molecular weight excluding hydrogens is 293 g/mol. The monoisotopic (exact) mass is 311 g/mol. The van der Waals surface area contributed by atoms with E-state index in [9.17, 15) is 0 Å². The molecule has 1 aromatic heterocycles. The van der Waals surface area contributed by atoms with E-state index in [0.717, 1.165) is 39.8 Å². The van der Waals surface area contributed by atoms with Gasteiger partial charge in [0.1, 0.15) is 0 Å². The third-order valence-corrected chi connectivity index (χ3v) is 4.35. The van der Waals surface area contributed by atoms with Gasteiger partial charge in [-0.3, -0.25) is 4.68 Å². The number of hydrogen-bond donors (Lipinski definition) is 1. The van der Waals surface area contributed by atoms with Crippen LogP contribution in [-0.2, 0) is 19.9 Å². The van der Waals surface area contributed by atoms with E-state index in [1.807, 2.05) is 42.9 Å². The van der Waals surface area contributed by atoms with Gasteiger partial charge in [-0.25, -0.2) is 0 Å². The van der Waals surface area contributed by atoms with Crippen LogP contribution in [0.1, 0.15) is 29.8 Å². The molecule has 0 amide bonds. The standard InChI is InChI=1S/C15H19Cl2N3/c1-3-13-15(17)14(20(2)19-13)8-10(9-18)11-6-4-5-7-12(11)16/h4-7,10H,3,8-9,18H2,1-2H3. The third-order valence-electron chi connectivity index (χ3n) is 3.57. The second-order valence-electron chi connectivity index (χ2n) is 4.84. The molecule has 1 unspecified atom stereocenters. The maximum atomic E-state index is 6.40. The summed E-state index contributed by atoms with van der Waals surface area (Å²) in [5.41, 5.74) is 8.93. The van der Waals surface area contributed by atoms with Gasteiger partial charge in [-0.1, -0.05) is 48.3 Å². The molecule has 0 spiro atoms. The van der Waals surface area contributed by atoms with Gasteiger partial charge >= 0.3 is 0 Å². The largest absolute Gasteiger partial charge is 0.330 e. The van der Waals surface area contributed by atoms with Crippen LogP contribution in [0, 0.1) is 0 Å². The molecule has 0 saturated heterocycles. The van der Waals surface area contributed by atoms with E-state index in [1.165, 1.54) is 0 Å². The summed E-state index contributed by atoms with van der Waals surface area (Å²) < 4.78 is 1.85. The van der Waals surface area contributed by atoms with Crippen LogP contribution in [0.15, 0.2) is 24.3 Å². The van der Waals surface area contributed by atoms with Crippen molar-refractivity contribution >= 4 is 23.2 Å². The minimum absolute atomic E-state index is 0.140. The van der Waals surface area contributed by atoms with Crippen molar-refractivity contribution in [3.05, 3.63) is 51.3 Å². The van der Waals surface area contributed by atoms with Crippen molar-refractivity contribution < 1.29 is 0 Å². The lowest BCUT2D eigenvalue weighted by Crippen LogP contribution is -2.17. The zero-order chi connectivity index (χ0) is 14.7. The highest BCUT2D eigenvalue weighted by Crippen LogP contribution is 2.30. The molecule has 0 radical (unpaired) electrons. The van der Waals surface area contributed by atoms with Crippen LogP contribution in [0.2, 0.25) is 10.0 Å². The van der Waals surface area contributed by atoms with Crippen LogP contribution in [0.3, 0.4) is 0 Å². The van der Waals surface area contributed by atoms with Crippen molar-refractivity contribution in [1.82, 2.24) is 9.78 Å². The number of halogens is 2. The Balaban J connectivity index is 2.32. The molecule has 2 aromatic rings. The molecule has 0 bridgehead atoms. The summed E-state index contributed by atoms with van der Waals surface area (Å²) in [4.78, 5) is 0. The van der Waals surface area contributed by atoms with Gasteiger partial charge < -0.3 is 5.73 Å². The minimum atomic E-state index is 0.140. The molecule has 0 aliphatic carbocycles. The number of nitrogens with zero attached hydrogens (tertiary/aromatic N) is 2. The first-order chi connectivity index (χ1) is 9.58. The minimum Gasteiger partial charge on any atom is -0.330 e. The van der Waals surface area contributed by atoms with E-state index >= 15 is 0 Å². The van der Waals surface area contributed by atoms with Crippen molar-refractivity contribution in [2.45, 2.75) is 25.7 Å². The molecule has 0 saturated carbocycles. The summed E-state index contributed by atoms with van der Waals surface area (Å²) in [6.45, 7) is 2.57. The van der Waals surface area contributed by atoms with Crippen molar-refractivity contribution in [3.8, 4) is 0 Å². The summed E-state index contributed by atoms with van der Waals surface area (Å²) >= 11 is 12.7. The number of aryl methyl sites for hydroxylation is 2. The molecule has 0 aliphatic heterocycles. The molecule has 108 valence electrons. The zero-order valence-electron chi connectivity index (χ0n) is 11.7. The Morgan fingerprint density at radius 3 is 2.55 bits per heavy atom. The van der Waals surface area contributed by atoms with E-state index in [4.69, 9.17) is 28.9 Å². The number of aromatic nitrogens is 2. The average Bonchev–Trinajstić information content (AvgIpc) is 2.72. The van der Waals surface area contributed by atoms with Crippen LogP contribution < -0.4 is 5.73 Å². The van der Waals surface area contributed by atoms with Crippen molar-refractivity contribution in [3.63, 3.8) is 0 Å². The first kappa shape index (κ1) is 15.4. The fraction of sp³-hybridized carbons (Fsp3) is 0.400. The summed E-state index contributed by atoms with van der Waals surface area (Å²) in [7, 11) is 1.92. The number of hydrogen-bond acceptors (Lipinski definition) is 2. The van der Waals surface area contributed by atoms with Gasteiger partial charge in [0.15, 0.2) is 0 Å². The molecule has 0 fully saturated rings. The Bertz CT molecular complexity index is 593. The summed E-state index contributed by atoms with van der Waals surface area (Å²) in [5, 5.41) is 5.94. The van der Waals surface area contributed by atoms with E-state index in [-0.39, 0.29) is 5.92 Å². The van der Waals surface area contributed by atoms with Gasteiger partial charge in [0.2, 0.25) is 0 Å². The van der Waals surface area contributed by atoms with Crippen LogP contribution in [0.5, 0.6) is 0 Å². The summed E-state index contributed by atoms with van der Waals surface area (Å²) in [5.74, 6) is 0.140. The smallest absolute Gasteiger partial charge is 0.0849 e. The molecule has 3 nitrogen and oxygen atoms in total. The third kappa shape index (κ3) is 3.00. The highest BCUT2D eigenvalue weighted by atomic mass is 35.5. The molecule has 5 heteroatoms. The first-order valence-electron chi connectivity index (χ1n) is 6.73. The first-order valence-corrected chi connectivity index (χ1v) is 7.48. The Morgan fingerprint density at radius 1 is 1.30 bits per heavy atom. The van der Waals surface area contributed by atoms with Crippen LogP contribution in [0.4, 0.5) is 0 Å². The number of benzene rings is 1. The SMILES string of the molecule is CCc1nn(C)c(CC(CN)c2ccccc2Cl)c1Cl. The Labute approximate surface area is 129 Å². The Hall–Kier alpha value is -1.03. The molecule has 1 aromatic carbocycles. The van der Waals surface area contributed by atoms with E-state index in [0.29, 0.717) is 6.54 Å². The maximum Gasteiger partial charge on any atom is 0.0849 e. The van der Waals surface area contributed by atoms with Gasteiger partial charge in [-0.15, -0.1) is 0 Å². The predicted octanol–water partition coefficient (Wildman–Crippen LogP) is 3.57. The molecule has 2 rings (SSSR count). The Morgan fingerprint density at radius 2 is 2.00 bits per heavy atom. The van der Waals surface area contributed by atoms with Crippen LogP contribution in [-0.4, -0.2) is 16.3 Å². The summed E-state index contributed by atoms with van der Waals surface area (Å²) in [6.07, 6.45) is 1.56. The van der Waals surface area contributed by atoms with Gasteiger partial charge in [0.25, 0.3) is 0 Å². The second-order valence-corrected chi connectivity index (χ2v) is 5.63. The molecular formula is C15H19Cl2N3. The van der Waals surface area contributed by atoms with Gasteiger partial charge in [0, 0.05) is 18.0 Å². The highest BCUT2D eigenvalue weighted by molar-refractivity contribution is 6.32.